The first-order valence-corrected chi connectivity index (χ1v) is 10.6. The second-order valence-corrected chi connectivity index (χ2v) is 7.76. The Morgan fingerprint density at radius 3 is 2.41 bits per heavy atom. The molecule has 1 saturated heterocycles. The Bertz CT molecular complexity index is 1030. The molecular formula is C23H23NO7S. The predicted molar refractivity (Wildman–Crippen MR) is 120 cm³/mol. The molecule has 1 aliphatic heterocycles. The number of benzene rings is 2. The van der Waals surface area contributed by atoms with Crippen molar-refractivity contribution in [1.82, 2.24) is 4.90 Å². The van der Waals surface area contributed by atoms with Crippen LogP contribution in [0.1, 0.15) is 11.1 Å². The van der Waals surface area contributed by atoms with Gasteiger partial charge in [-0.15, -0.1) is 0 Å². The molecule has 9 heteroatoms. The topological polar surface area (TPSA) is 91.4 Å². The summed E-state index contributed by atoms with van der Waals surface area (Å²) in [5.41, 5.74) is 1.81. The lowest BCUT2D eigenvalue weighted by molar-refractivity contribution is -0.143. The van der Waals surface area contributed by atoms with E-state index in [0.717, 1.165) is 28.0 Å². The van der Waals surface area contributed by atoms with Gasteiger partial charge in [0.05, 0.1) is 19.1 Å². The van der Waals surface area contributed by atoms with Gasteiger partial charge in [0.25, 0.3) is 11.1 Å². The number of rotatable bonds is 9. The van der Waals surface area contributed by atoms with Gasteiger partial charge in [0.1, 0.15) is 25.5 Å². The highest BCUT2D eigenvalue weighted by atomic mass is 32.2. The monoisotopic (exact) mass is 457 g/mol. The highest BCUT2D eigenvalue weighted by Crippen LogP contribution is 2.34. The number of amides is 2. The largest absolute Gasteiger partial charge is 0.493 e. The molecule has 8 nitrogen and oxygen atoms in total. The molecule has 0 atom stereocenters. The molecule has 0 N–H and O–H groups in total. The Balaban J connectivity index is 1.62. The first-order chi connectivity index (χ1) is 15.4. The van der Waals surface area contributed by atoms with E-state index in [2.05, 4.69) is 4.74 Å². The number of carbonyl (C=O) groups is 3. The molecule has 1 aliphatic rings. The van der Waals surface area contributed by atoms with Crippen molar-refractivity contribution in [1.29, 1.82) is 0 Å². The molecule has 0 unspecified atom stereocenters. The van der Waals surface area contributed by atoms with Gasteiger partial charge >= 0.3 is 5.97 Å². The minimum Gasteiger partial charge on any atom is -0.493 e. The van der Waals surface area contributed by atoms with E-state index in [1.165, 1.54) is 14.2 Å². The second-order valence-electron chi connectivity index (χ2n) is 6.76. The van der Waals surface area contributed by atoms with Crippen molar-refractivity contribution in [3.63, 3.8) is 0 Å². The first kappa shape index (κ1) is 23.2. The summed E-state index contributed by atoms with van der Waals surface area (Å²) in [7, 11) is 2.71. The van der Waals surface area contributed by atoms with Crippen molar-refractivity contribution < 1.29 is 33.3 Å². The SMILES string of the molecule is COC(=O)CN1C(=O)S/C(=C\c2ccc(OCCOc3ccc(C)cc3)c(OC)c2)C1=O. The van der Waals surface area contributed by atoms with E-state index in [4.69, 9.17) is 14.2 Å². The predicted octanol–water partition coefficient (Wildman–Crippen LogP) is 3.67. The number of carbonyl (C=O) groups excluding carboxylic acids is 3. The fourth-order valence-electron chi connectivity index (χ4n) is 2.82. The van der Waals surface area contributed by atoms with Gasteiger partial charge in [-0.25, -0.2) is 0 Å². The summed E-state index contributed by atoms with van der Waals surface area (Å²) in [6.07, 6.45) is 1.56. The van der Waals surface area contributed by atoms with Crippen molar-refractivity contribution in [3.8, 4) is 17.2 Å². The maximum absolute atomic E-state index is 12.4. The van der Waals surface area contributed by atoms with Crippen LogP contribution in [0.2, 0.25) is 0 Å². The van der Waals surface area contributed by atoms with Crippen molar-refractivity contribution in [2.24, 2.45) is 0 Å². The van der Waals surface area contributed by atoms with Crippen LogP contribution in [0.25, 0.3) is 6.08 Å². The van der Waals surface area contributed by atoms with Crippen molar-refractivity contribution in [2.45, 2.75) is 6.92 Å². The molecule has 0 bridgehead atoms. The zero-order valence-corrected chi connectivity index (χ0v) is 18.8. The van der Waals surface area contributed by atoms with E-state index in [1.807, 2.05) is 31.2 Å². The lowest BCUT2D eigenvalue weighted by Crippen LogP contribution is -2.34. The van der Waals surface area contributed by atoms with Crippen LogP contribution in [0.4, 0.5) is 4.79 Å². The van der Waals surface area contributed by atoms with Gasteiger partial charge in [-0.2, -0.15) is 0 Å². The molecule has 1 heterocycles. The van der Waals surface area contributed by atoms with E-state index in [9.17, 15) is 14.4 Å². The van der Waals surface area contributed by atoms with Crippen LogP contribution >= 0.6 is 11.8 Å². The number of methoxy groups -OCH3 is 2. The van der Waals surface area contributed by atoms with Crippen molar-refractivity contribution in [2.75, 3.05) is 34.0 Å². The summed E-state index contributed by atoms with van der Waals surface area (Å²) in [5.74, 6) is 0.558. The summed E-state index contributed by atoms with van der Waals surface area (Å²) >= 11 is 0.765. The Kier molecular flexibility index (Phi) is 7.77. The molecule has 0 aromatic heterocycles. The van der Waals surface area contributed by atoms with Gasteiger partial charge in [-0.1, -0.05) is 23.8 Å². The van der Waals surface area contributed by atoms with E-state index in [0.29, 0.717) is 30.3 Å². The molecule has 2 amide bonds. The van der Waals surface area contributed by atoms with Crippen molar-refractivity contribution in [3.05, 3.63) is 58.5 Å². The molecule has 2 aromatic rings. The minimum atomic E-state index is -0.664. The second kappa shape index (κ2) is 10.7. The molecule has 0 saturated carbocycles. The summed E-state index contributed by atoms with van der Waals surface area (Å²) in [4.78, 5) is 37.0. The number of esters is 1. The number of ether oxygens (including phenoxy) is 4. The number of hydrogen-bond acceptors (Lipinski definition) is 8. The molecule has 168 valence electrons. The average Bonchev–Trinajstić information content (AvgIpc) is 3.05. The zero-order chi connectivity index (χ0) is 23.1. The maximum Gasteiger partial charge on any atom is 0.325 e. The number of imide groups is 1. The van der Waals surface area contributed by atoms with E-state index in [1.54, 1.807) is 24.3 Å². The van der Waals surface area contributed by atoms with Crippen LogP contribution in [0.3, 0.4) is 0 Å². The van der Waals surface area contributed by atoms with Crippen LogP contribution in [-0.2, 0) is 14.3 Å². The molecule has 0 radical (unpaired) electrons. The number of thioether (sulfide) groups is 1. The quantitative estimate of drug-likeness (QED) is 0.320. The van der Waals surface area contributed by atoms with Gasteiger partial charge in [-0.3, -0.25) is 19.3 Å². The van der Waals surface area contributed by atoms with Gasteiger partial charge in [0.2, 0.25) is 0 Å². The summed E-state index contributed by atoms with van der Waals surface area (Å²) in [6, 6.07) is 12.9. The smallest absolute Gasteiger partial charge is 0.325 e. The molecule has 2 aromatic carbocycles. The normalized spacial score (nSPS) is 14.6. The van der Waals surface area contributed by atoms with E-state index >= 15 is 0 Å². The third kappa shape index (κ3) is 5.82. The molecule has 3 rings (SSSR count). The first-order valence-electron chi connectivity index (χ1n) is 9.73. The van der Waals surface area contributed by atoms with Gasteiger partial charge in [0, 0.05) is 0 Å². The number of nitrogens with zero attached hydrogens (tertiary/aromatic N) is 1. The van der Waals surface area contributed by atoms with Crippen LogP contribution < -0.4 is 14.2 Å². The van der Waals surface area contributed by atoms with Crippen LogP contribution in [0, 0.1) is 6.92 Å². The standard InChI is InChI=1S/C23H23NO7S/c1-15-4-7-17(8-5-15)30-10-11-31-18-9-6-16(12-19(18)28-2)13-20-22(26)24(23(27)32-20)14-21(25)29-3/h4-9,12-13H,10-11,14H2,1-3H3/b20-13-. The van der Waals surface area contributed by atoms with Crippen LogP contribution in [-0.4, -0.2) is 56.0 Å². The molecule has 0 spiro atoms. The van der Waals surface area contributed by atoms with Gasteiger partial charge in [0.15, 0.2) is 11.5 Å². The highest BCUT2D eigenvalue weighted by molar-refractivity contribution is 8.18. The lowest BCUT2D eigenvalue weighted by atomic mass is 10.2. The van der Waals surface area contributed by atoms with Crippen molar-refractivity contribution >= 4 is 35.0 Å². The number of aryl methyl sites for hydroxylation is 1. The zero-order valence-electron chi connectivity index (χ0n) is 18.0. The Morgan fingerprint density at radius 1 is 1.00 bits per heavy atom. The Morgan fingerprint density at radius 2 is 1.72 bits per heavy atom. The van der Waals surface area contributed by atoms with Gasteiger partial charge < -0.3 is 18.9 Å². The van der Waals surface area contributed by atoms with E-state index in [-0.39, 0.29) is 4.91 Å². The molecule has 32 heavy (non-hydrogen) atoms. The highest BCUT2D eigenvalue weighted by Gasteiger charge is 2.36. The molecule has 0 aliphatic carbocycles. The Hall–Kier alpha value is -3.46. The third-order valence-electron chi connectivity index (χ3n) is 4.50. The van der Waals surface area contributed by atoms with Crippen LogP contribution in [0.15, 0.2) is 47.4 Å². The third-order valence-corrected chi connectivity index (χ3v) is 5.41. The summed E-state index contributed by atoms with van der Waals surface area (Å²) in [5, 5.41) is -0.521. The fraction of sp³-hybridized carbons (Fsp3) is 0.261. The molecular weight excluding hydrogens is 434 g/mol. The lowest BCUT2D eigenvalue weighted by Gasteiger charge is -2.12. The summed E-state index contributed by atoms with van der Waals surface area (Å²) in [6.45, 7) is 2.27. The number of hydrogen-bond donors (Lipinski definition) is 0. The Labute approximate surface area is 190 Å². The summed E-state index contributed by atoms with van der Waals surface area (Å²) < 4.78 is 21.3. The average molecular weight is 458 g/mol. The van der Waals surface area contributed by atoms with E-state index < -0.39 is 23.7 Å². The molecule has 1 fully saturated rings. The van der Waals surface area contributed by atoms with Gasteiger partial charge in [-0.05, 0) is 54.6 Å². The van der Waals surface area contributed by atoms with Crippen LogP contribution in [0.5, 0.6) is 17.2 Å². The minimum absolute atomic E-state index is 0.209. The fourth-order valence-corrected chi connectivity index (χ4v) is 3.66. The maximum atomic E-state index is 12.4.